The Kier molecular flexibility index (Phi) is 4.79. The van der Waals surface area contributed by atoms with Gasteiger partial charge in [0.25, 0.3) is 0 Å². The molecule has 1 N–H and O–H groups in total. The van der Waals surface area contributed by atoms with E-state index in [1.807, 2.05) is 24.1 Å². The van der Waals surface area contributed by atoms with E-state index in [1.54, 1.807) is 0 Å². The monoisotopic (exact) mass is 349 g/mol. The second kappa shape index (κ2) is 7.22. The molecule has 0 aromatic heterocycles. The zero-order valence-corrected chi connectivity index (χ0v) is 15.6. The predicted molar refractivity (Wildman–Crippen MR) is 105 cm³/mol. The lowest BCUT2D eigenvalue weighted by molar-refractivity contribution is -0.120. The Morgan fingerprint density at radius 3 is 2.73 bits per heavy atom. The van der Waals surface area contributed by atoms with Gasteiger partial charge in [-0.2, -0.15) is 0 Å². The predicted octanol–water partition coefficient (Wildman–Crippen LogP) is 2.68. The summed E-state index contributed by atoms with van der Waals surface area (Å²) in [5.41, 5.74) is 3.49. The summed E-state index contributed by atoms with van der Waals surface area (Å²) in [5, 5.41) is 3.49. The Morgan fingerprint density at radius 1 is 1.15 bits per heavy atom. The standard InChI is InChI=1S/C22H27N3O/c1-16-7-6-10-19(11-16)24(2)22(26)21-20-15-25(14-18(20)12-23-21)13-17-8-4-3-5-9-17/h3-11,18,20-21,23H,12-15H2,1-2H3/t18-,20+,21?/m1/s1. The highest BCUT2D eigenvalue weighted by Crippen LogP contribution is 2.33. The fraction of sp³-hybridized carbons (Fsp3) is 0.409. The molecular weight excluding hydrogens is 322 g/mol. The van der Waals surface area contributed by atoms with Crippen LogP contribution in [0.4, 0.5) is 5.69 Å². The van der Waals surface area contributed by atoms with Crippen molar-refractivity contribution in [3.8, 4) is 0 Å². The van der Waals surface area contributed by atoms with E-state index < -0.39 is 0 Å². The molecule has 2 aliphatic rings. The van der Waals surface area contributed by atoms with Gasteiger partial charge in [0.15, 0.2) is 0 Å². The maximum Gasteiger partial charge on any atom is 0.244 e. The minimum Gasteiger partial charge on any atom is -0.314 e. The summed E-state index contributed by atoms with van der Waals surface area (Å²) in [6, 6.07) is 18.7. The first-order valence-corrected chi connectivity index (χ1v) is 9.46. The molecule has 0 aliphatic carbocycles. The average molecular weight is 349 g/mol. The number of likely N-dealkylation sites (N-methyl/N-ethyl adjacent to an activating group) is 1. The van der Waals surface area contributed by atoms with E-state index in [0.29, 0.717) is 11.8 Å². The summed E-state index contributed by atoms with van der Waals surface area (Å²) < 4.78 is 0. The number of amides is 1. The molecule has 4 heteroatoms. The number of hydrogen-bond acceptors (Lipinski definition) is 3. The van der Waals surface area contributed by atoms with Crippen LogP contribution >= 0.6 is 0 Å². The first-order chi connectivity index (χ1) is 12.6. The molecule has 2 fully saturated rings. The molecular formula is C22H27N3O. The van der Waals surface area contributed by atoms with E-state index in [1.165, 1.54) is 11.1 Å². The van der Waals surface area contributed by atoms with Crippen molar-refractivity contribution < 1.29 is 4.79 Å². The van der Waals surface area contributed by atoms with E-state index >= 15 is 0 Å². The Hall–Kier alpha value is -2.17. The van der Waals surface area contributed by atoms with Crippen molar-refractivity contribution in [2.24, 2.45) is 11.8 Å². The van der Waals surface area contributed by atoms with Crippen molar-refractivity contribution in [3.05, 3.63) is 65.7 Å². The van der Waals surface area contributed by atoms with Crippen LogP contribution in [-0.2, 0) is 11.3 Å². The van der Waals surface area contributed by atoms with Gasteiger partial charge in [-0.15, -0.1) is 0 Å². The summed E-state index contributed by atoms with van der Waals surface area (Å²) in [7, 11) is 1.89. The molecule has 0 radical (unpaired) electrons. The van der Waals surface area contributed by atoms with E-state index in [-0.39, 0.29) is 11.9 Å². The first-order valence-electron chi connectivity index (χ1n) is 9.46. The Labute approximate surface area is 155 Å². The number of hydrogen-bond donors (Lipinski definition) is 1. The molecule has 136 valence electrons. The highest BCUT2D eigenvalue weighted by molar-refractivity contribution is 5.97. The minimum absolute atomic E-state index is 0.0775. The molecule has 4 rings (SSSR count). The van der Waals surface area contributed by atoms with E-state index in [4.69, 9.17) is 0 Å². The number of carbonyl (C=O) groups is 1. The quantitative estimate of drug-likeness (QED) is 0.922. The highest BCUT2D eigenvalue weighted by Gasteiger charge is 2.46. The van der Waals surface area contributed by atoms with Gasteiger partial charge in [0, 0.05) is 44.8 Å². The molecule has 0 spiro atoms. The fourth-order valence-electron chi connectivity index (χ4n) is 4.43. The molecule has 3 atom stereocenters. The SMILES string of the molecule is Cc1cccc(N(C)C(=O)C2NC[C@@H]3CN(Cc4ccccc4)C[C@H]23)c1. The number of aryl methyl sites for hydroxylation is 1. The van der Waals surface area contributed by atoms with Crippen molar-refractivity contribution in [1.82, 2.24) is 10.2 Å². The zero-order valence-electron chi connectivity index (χ0n) is 15.6. The number of benzene rings is 2. The van der Waals surface area contributed by atoms with Crippen molar-refractivity contribution in [1.29, 1.82) is 0 Å². The van der Waals surface area contributed by atoms with Gasteiger partial charge in [0.1, 0.15) is 0 Å². The van der Waals surface area contributed by atoms with Crippen molar-refractivity contribution in [3.63, 3.8) is 0 Å². The van der Waals surface area contributed by atoms with Gasteiger partial charge in [-0.25, -0.2) is 0 Å². The summed E-state index contributed by atoms with van der Waals surface area (Å²) in [6.07, 6.45) is 0. The van der Waals surface area contributed by atoms with Crippen LogP contribution in [-0.4, -0.2) is 43.5 Å². The largest absolute Gasteiger partial charge is 0.314 e. The van der Waals surface area contributed by atoms with Crippen molar-refractivity contribution in [2.75, 3.05) is 31.6 Å². The van der Waals surface area contributed by atoms with E-state index in [9.17, 15) is 4.79 Å². The van der Waals surface area contributed by atoms with Gasteiger partial charge in [0.05, 0.1) is 6.04 Å². The van der Waals surface area contributed by atoms with E-state index in [2.05, 4.69) is 59.6 Å². The number of fused-ring (bicyclic) bond motifs is 1. The number of carbonyl (C=O) groups excluding carboxylic acids is 1. The lowest BCUT2D eigenvalue weighted by Gasteiger charge is -2.26. The van der Waals surface area contributed by atoms with Crippen molar-refractivity contribution >= 4 is 11.6 Å². The Balaban J connectivity index is 1.43. The normalized spacial score (nSPS) is 25.2. The van der Waals surface area contributed by atoms with Crippen LogP contribution in [0.25, 0.3) is 0 Å². The maximum atomic E-state index is 13.1. The molecule has 2 aliphatic heterocycles. The summed E-state index contributed by atoms with van der Waals surface area (Å²) in [5.74, 6) is 1.15. The molecule has 4 nitrogen and oxygen atoms in total. The molecule has 26 heavy (non-hydrogen) atoms. The van der Waals surface area contributed by atoms with Gasteiger partial charge >= 0.3 is 0 Å². The second-order valence-electron chi connectivity index (χ2n) is 7.73. The van der Waals surface area contributed by atoms with Gasteiger partial charge in [0.2, 0.25) is 5.91 Å². The van der Waals surface area contributed by atoms with Crippen LogP contribution < -0.4 is 10.2 Å². The topological polar surface area (TPSA) is 35.6 Å². The smallest absolute Gasteiger partial charge is 0.244 e. The third-order valence-corrected chi connectivity index (χ3v) is 5.83. The Bertz CT molecular complexity index is 776. The number of likely N-dealkylation sites (tertiary alicyclic amines) is 1. The molecule has 0 saturated carbocycles. The second-order valence-corrected chi connectivity index (χ2v) is 7.73. The maximum absolute atomic E-state index is 13.1. The lowest BCUT2D eigenvalue weighted by Crippen LogP contribution is -2.46. The summed E-state index contributed by atoms with van der Waals surface area (Å²) in [4.78, 5) is 17.4. The molecule has 0 bridgehead atoms. The van der Waals surface area contributed by atoms with E-state index in [0.717, 1.165) is 31.9 Å². The van der Waals surface area contributed by atoms with Gasteiger partial charge < -0.3 is 10.2 Å². The highest BCUT2D eigenvalue weighted by atomic mass is 16.2. The third kappa shape index (κ3) is 3.39. The van der Waals surface area contributed by atoms with Crippen LogP contribution in [0.3, 0.4) is 0 Å². The molecule has 2 heterocycles. The number of nitrogens with zero attached hydrogens (tertiary/aromatic N) is 2. The van der Waals surface area contributed by atoms with Gasteiger partial charge in [-0.1, -0.05) is 42.5 Å². The first kappa shape index (κ1) is 17.3. The lowest BCUT2D eigenvalue weighted by atomic mass is 9.93. The van der Waals surface area contributed by atoms with Crippen molar-refractivity contribution in [2.45, 2.75) is 19.5 Å². The van der Waals surface area contributed by atoms with Crippen LogP contribution in [0.2, 0.25) is 0 Å². The van der Waals surface area contributed by atoms with Crippen LogP contribution in [0.1, 0.15) is 11.1 Å². The van der Waals surface area contributed by atoms with Crippen LogP contribution in [0.15, 0.2) is 54.6 Å². The van der Waals surface area contributed by atoms with Crippen LogP contribution in [0, 0.1) is 18.8 Å². The third-order valence-electron chi connectivity index (χ3n) is 5.83. The number of nitrogens with one attached hydrogen (secondary N) is 1. The number of rotatable bonds is 4. The summed E-state index contributed by atoms with van der Waals surface area (Å²) >= 11 is 0. The fourth-order valence-corrected chi connectivity index (χ4v) is 4.43. The molecule has 2 aromatic carbocycles. The molecule has 2 aromatic rings. The summed E-state index contributed by atoms with van der Waals surface area (Å²) in [6.45, 7) is 6.04. The molecule has 2 saturated heterocycles. The zero-order chi connectivity index (χ0) is 18.1. The number of anilines is 1. The molecule has 1 amide bonds. The van der Waals surface area contributed by atoms with Gasteiger partial charge in [-0.3, -0.25) is 9.69 Å². The average Bonchev–Trinajstić information content (AvgIpc) is 3.21. The van der Waals surface area contributed by atoms with Gasteiger partial charge in [-0.05, 0) is 36.1 Å². The van der Waals surface area contributed by atoms with Crippen LogP contribution in [0.5, 0.6) is 0 Å². The molecule has 1 unspecified atom stereocenters. The minimum atomic E-state index is -0.0775. The Morgan fingerprint density at radius 2 is 1.96 bits per heavy atom.